The molecule has 16 heavy (non-hydrogen) atoms. The lowest BCUT2D eigenvalue weighted by atomic mass is 10.1. The molecule has 1 atom stereocenters. The van der Waals surface area contributed by atoms with Gasteiger partial charge in [-0.2, -0.15) is 4.99 Å². The van der Waals surface area contributed by atoms with Gasteiger partial charge in [0.15, 0.2) is 0 Å². The Hall–Kier alpha value is -1.10. The zero-order valence-corrected chi connectivity index (χ0v) is 10.2. The Bertz CT molecular complexity index is 387. The van der Waals surface area contributed by atoms with Crippen molar-refractivity contribution in [3.63, 3.8) is 0 Å². The molecule has 0 bridgehead atoms. The third-order valence-corrected chi connectivity index (χ3v) is 3.61. The number of carbonyl (C=O) groups excluding carboxylic acids is 2. The highest BCUT2D eigenvalue weighted by atomic mass is 32.2. The molecule has 5 heteroatoms. The van der Waals surface area contributed by atoms with Gasteiger partial charge in [-0.05, 0) is 23.8 Å². The largest absolute Gasteiger partial charge is 0.350 e. The van der Waals surface area contributed by atoms with Crippen LogP contribution in [0.1, 0.15) is 20.3 Å². The average molecular weight is 238 g/mol. The monoisotopic (exact) mass is 238 g/mol. The van der Waals surface area contributed by atoms with Crippen molar-refractivity contribution in [2.75, 3.05) is 6.54 Å². The van der Waals surface area contributed by atoms with Crippen molar-refractivity contribution < 1.29 is 9.59 Å². The standard InChI is InChI=1S/C11H14N2O2S/c1-7(2)3-5-13-10(14)9-8(4-6-16-9)12-11(13)15/h4,6-7,9H,3,5H2,1-2H3. The lowest BCUT2D eigenvalue weighted by Crippen LogP contribution is -2.47. The molecular formula is C11H14N2O2S. The van der Waals surface area contributed by atoms with Gasteiger partial charge in [-0.25, -0.2) is 4.79 Å². The van der Waals surface area contributed by atoms with E-state index < -0.39 is 6.03 Å². The number of carbonyl (C=O) groups is 2. The maximum Gasteiger partial charge on any atom is 0.350 e. The Kier molecular flexibility index (Phi) is 3.14. The van der Waals surface area contributed by atoms with E-state index in [1.807, 2.05) is 5.41 Å². The third-order valence-electron chi connectivity index (χ3n) is 2.60. The summed E-state index contributed by atoms with van der Waals surface area (Å²) >= 11 is 1.42. The zero-order valence-electron chi connectivity index (χ0n) is 9.34. The Morgan fingerprint density at radius 3 is 2.94 bits per heavy atom. The lowest BCUT2D eigenvalue weighted by molar-refractivity contribution is -0.126. The van der Waals surface area contributed by atoms with Crippen molar-refractivity contribution in [1.29, 1.82) is 0 Å². The second kappa shape index (κ2) is 4.41. The van der Waals surface area contributed by atoms with Crippen molar-refractivity contribution in [2.24, 2.45) is 10.9 Å². The maximum absolute atomic E-state index is 12.0. The highest BCUT2D eigenvalue weighted by Gasteiger charge is 2.38. The van der Waals surface area contributed by atoms with E-state index in [9.17, 15) is 9.59 Å². The van der Waals surface area contributed by atoms with Gasteiger partial charge in [0.2, 0.25) is 5.91 Å². The van der Waals surface area contributed by atoms with Crippen LogP contribution in [-0.2, 0) is 4.79 Å². The summed E-state index contributed by atoms with van der Waals surface area (Å²) in [7, 11) is 0. The summed E-state index contributed by atoms with van der Waals surface area (Å²) in [6, 6.07) is -0.413. The summed E-state index contributed by atoms with van der Waals surface area (Å²) in [5.41, 5.74) is 0.598. The van der Waals surface area contributed by atoms with E-state index in [4.69, 9.17) is 0 Å². The molecule has 0 saturated heterocycles. The Morgan fingerprint density at radius 2 is 2.25 bits per heavy atom. The van der Waals surface area contributed by atoms with Crippen LogP contribution in [0.15, 0.2) is 16.5 Å². The first-order chi connectivity index (χ1) is 7.59. The third kappa shape index (κ3) is 2.04. The Morgan fingerprint density at radius 1 is 1.50 bits per heavy atom. The number of urea groups is 1. The molecule has 0 fully saturated rings. The molecule has 86 valence electrons. The number of hydrogen-bond acceptors (Lipinski definition) is 3. The first kappa shape index (κ1) is 11.4. The summed E-state index contributed by atoms with van der Waals surface area (Å²) in [6.45, 7) is 4.61. The summed E-state index contributed by atoms with van der Waals surface area (Å²) < 4.78 is 0. The molecular weight excluding hydrogens is 224 g/mol. The molecule has 1 unspecified atom stereocenters. The van der Waals surface area contributed by atoms with Gasteiger partial charge >= 0.3 is 6.03 Å². The predicted molar refractivity (Wildman–Crippen MR) is 64.5 cm³/mol. The van der Waals surface area contributed by atoms with E-state index in [-0.39, 0.29) is 11.2 Å². The van der Waals surface area contributed by atoms with Crippen LogP contribution in [0.3, 0.4) is 0 Å². The fraction of sp³-hybridized carbons (Fsp3) is 0.545. The van der Waals surface area contributed by atoms with Gasteiger partial charge in [0, 0.05) is 6.54 Å². The topological polar surface area (TPSA) is 49.7 Å². The minimum Gasteiger partial charge on any atom is -0.273 e. The number of hydrogen-bond donors (Lipinski definition) is 0. The molecule has 0 saturated carbocycles. The average Bonchev–Trinajstić information content (AvgIpc) is 2.64. The summed E-state index contributed by atoms with van der Waals surface area (Å²) in [5, 5.41) is 1.53. The highest BCUT2D eigenvalue weighted by molar-refractivity contribution is 8.04. The quantitative estimate of drug-likeness (QED) is 0.756. The lowest BCUT2D eigenvalue weighted by Gasteiger charge is -2.26. The minimum atomic E-state index is -0.413. The van der Waals surface area contributed by atoms with Crippen molar-refractivity contribution >= 4 is 29.4 Å². The van der Waals surface area contributed by atoms with Gasteiger partial charge in [0.05, 0.1) is 5.71 Å². The van der Waals surface area contributed by atoms with E-state index >= 15 is 0 Å². The van der Waals surface area contributed by atoms with Gasteiger partial charge < -0.3 is 0 Å². The number of fused-ring (bicyclic) bond motifs is 1. The fourth-order valence-corrected chi connectivity index (χ4v) is 2.51. The van der Waals surface area contributed by atoms with Gasteiger partial charge in [-0.3, -0.25) is 9.69 Å². The number of nitrogens with zero attached hydrogens (tertiary/aromatic N) is 2. The predicted octanol–water partition coefficient (Wildman–Crippen LogP) is 2.06. The zero-order chi connectivity index (χ0) is 11.7. The van der Waals surface area contributed by atoms with E-state index in [1.165, 1.54) is 16.7 Å². The number of aliphatic imine (C=N–C) groups is 1. The van der Waals surface area contributed by atoms with Crippen LogP contribution in [0.4, 0.5) is 4.79 Å². The van der Waals surface area contributed by atoms with Crippen LogP contribution in [-0.4, -0.2) is 34.3 Å². The number of rotatable bonds is 3. The summed E-state index contributed by atoms with van der Waals surface area (Å²) in [4.78, 5) is 28.8. The van der Waals surface area contributed by atoms with Crippen LogP contribution in [0.5, 0.6) is 0 Å². The van der Waals surface area contributed by atoms with Gasteiger partial charge in [0.1, 0.15) is 5.25 Å². The molecule has 2 heterocycles. The van der Waals surface area contributed by atoms with Crippen molar-refractivity contribution in [3.05, 3.63) is 11.5 Å². The first-order valence-corrected chi connectivity index (χ1v) is 6.30. The van der Waals surface area contributed by atoms with Crippen LogP contribution < -0.4 is 0 Å². The van der Waals surface area contributed by atoms with Crippen molar-refractivity contribution in [3.8, 4) is 0 Å². The number of amides is 3. The van der Waals surface area contributed by atoms with Gasteiger partial charge in [0.25, 0.3) is 0 Å². The molecule has 0 aromatic rings. The molecule has 2 rings (SSSR count). The van der Waals surface area contributed by atoms with Crippen LogP contribution in [0.25, 0.3) is 0 Å². The second-order valence-electron chi connectivity index (χ2n) is 4.31. The molecule has 0 aromatic heterocycles. The van der Waals surface area contributed by atoms with Crippen molar-refractivity contribution in [1.82, 2.24) is 4.90 Å². The Balaban J connectivity index is 2.11. The molecule has 4 nitrogen and oxygen atoms in total. The van der Waals surface area contributed by atoms with E-state index in [2.05, 4.69) is 18.8 Å². The SMILES string of the molecule is CC(C)CCN1C(=O)N=C2C=CSC2C1=O. The van der Waals surface area contributed by atoms with E-state index in [0.29, 0.717) is 18.2 Å². The number of thioether (sulfide) groups is 1. The normalized spacial score (nSPS) is 24.1. The van der Waals surface area contributed by atoms with Gasteiger partial charge in [-0.15, -0.1) is 11.8 Å². The number of allylic oxidation sites excluding steroid dienone is 1. The molecule has 0 radical (unpaired) electrons. The fourth-order valence-electron chi connectivity index (χ4n) is 1.63. The van der Waals surface area contributed by atoms with E-state index in [0.717, 1.165) is 6.42 Å². The van der Waals surface area contributed by atoms with Gasteiger partial charge in [-0.1, -0.05) is 13.8 Å². The summed E-state index contributed by atoms with van der Waals surface area (Å²) in [5.74, 6) is 0.353. The second-order valence-corrected chi connectivity index (χ2v) is 5.33. The maximum atomic E-state index is 12.0. The van der Waals surface area contributed by atoms with Crippen LogP contribution in [0, 0.1) is 5.92 Å². The first-order valence-electron chi connectivity index (χ1n) is 5.35. The molecule has 3 amide bonds. The highest BCUT2D eigenvalue weighted by Crippen LogP contribution is 2.27. The van der Waals surface area contributed by atoms with Crippen LogP contribution >= 0.6 is 11.8 Å². The minimum absolute atomic E-state index is 0.120. The molecule has 2 aliphatic heterocycles. The molecule has 0 aliphatic carbocycles. The van der Waals surface area contributed by atoms with E-state index in [1.54, 1.807) is 6.08 Å². The molecule has 0 aromatic carbocycles. The molecule has 2 aliphatic rings. The summed E-state index contributed by atoms with van der Waals surface area (Å²) in [6.07, 6.45) is 2.57. The molecule has 0 spiro atoms. The van der Waals surface area contributed by atoms with Crippen LogP contribution in [0.2, 0.25) is 0 Å². The number of imide groups is 1. The smallest absolute Gasteiger partial charge is 0.273 e. The molecule has 0 N–H and O–H groups in total. The van der Waals surface area contributed by atoms with Crippen molar-refractivity contribution in [2.45, 2.75) is 25.5 Å². The Labute approximate surface area is 98.8 Å².